The van der Waals surface area contributed by atoms with Gasteiger partial charge in [0.1, 0.15) is 0 Å². The molecule has 9 heteroatoms. The molecular formula is C17H27N3O5S. The Morgan fingerprint density at radius 3 is 2.04 bits per heavy atom. The Hall–Kier alpha value is -1.48. The maximum Gasteiger partial charge on any atom is 0.233 e. The van der Waals surface area contributed by atoms with Gasteiger partial charge in [-0.15, -0.1) is 0 Å². The van der Waals surface area contributed by atoms with Gasteiger partial charge in [0.25, 0.3) is 0 Å². The summed E-state index contributed by atoms with van der Waals surface area (Å²) in [6.45, 7) is 3.04. The average Bonchev–Trinajstić information content (AvgIpc) is 2.91. The molecule has 3 amide bonds. The van der Waals surface area contributed by atoms with Crippen LogP contribution in [0.2, 0.25) is 0 Å². The Morgan fingerprint density at radius 2 is 1.54 bits per heavy atom. The van der Waals surface area contributed by atoms with E-state index in [9.17, 15) is 22.8 Å². The van der Waals surface area contributed by atoms with Gasteiger partial charge in [0.2, 0.25) is 27.7 Å². The van der Waals surface area contributed by atoms with Crippen molar-refractivity contribution in [3.05, 3.63) is 0 Å². The predicted octanol–water partition coefficient (Wildman–Crippen LogP) is 0.0456. The maximum atomic E-state index is 12.4. The zero-order chi connectivity index (χ0) is 18.9. The van der Waals surface area contributed by atoms with E-state index in [2.05, 4.69) is 0 Å². The van der Waals surface area contributed by atoms with Crippen LogP contribution in [0, 0.1) is 11.8 Å². The summed E-state index contributed by atoms with van der Waals surface area (Å²) in [5.74, 6) is -0.683. The third kappa shape index (κ3) is 3.64. The minimum atomic E-state index is -3.22. The van der Waals surface area contributed by atoms with Crippen LogP contribution in [0.3, 0.4) is 0 Å². The molecule has 3 fully saturated rings. The van der Waals surface area contributed by atoms with Gasteiger partial charge >= 0.3 is 0 Å². The normalized spacial score (nSPS) is 27.7. The molecule has 2 saturated heterocycles. The third-order valence-electron chi connectivity index (χ3n) is 5.83. The molecule has 0 radical (unpaired) electrons. The molecule has 1 aliphatic carbocycles. The van der Waals surface area contributed by atoms with Crippen LogP contribution < -0.4 is 0 Å². The fraction of sp³-hybridized carbons (Fsp3) is 0.824. The van der Waals surface area contributed by atoms with Crippen LogP contribution in [-0.2, 0) is 24.4 Å². The van der Waals surface area contributed by atoms with Crippen LogP contribution in [0.25, 0.3) is 0 Å². The summed E-state index contributed by atoms with van der Waals surface area (Å²) in [6, 6.07) is 0. The molecule has 1 saturated carbocycles. The molecule has 0 aromatic rings. The highest BCUT2D eigenvalue weighted by atomic mass is 32.2. The van der Waals surface area contributed by atoms with Gasteiger partial charge in [-0.3, -0.25) is 19.3 Å². The fourth-order valence-corrected chi connectivity index (χ4v) is 5.30. The lowest BCUT2D eigenvalue weighted by Crippen LogP contribution is -2.51. The molecule has 146 valence electrons. The monoisotopic (exact) mass is 385 g/mol. The number of carbonyl (C=O) groups is 3. The molecule has 8 nitrogen and oxygen atoms in total. The molecule has 0 spiro atoms. The van der Waals surface area contributed by atoms with Crippen LogP contribution in [0.15, 0.2) is 0 Å². The van der Waals surface area contributed by atoms with Crippen molar-refractivity contribution in [3.63, 3.8) is 0 Å². The highest BCUT2D eigenvalue weighted by molar-refractivity contribution is 7.89. The summed E-state index contributed by atoms with van der Waals surface area (Å²) in [6.07, 6.45) is 3.62. The van der Waals surface area contributed by atoms with Crippen molar-refractivity contribution in [2.24, 2.45) is 11.8 Å². The smallest absolute Gasteiger partial charge is 0.233 e. The average molecular weight is 385 g/mol. The second-order valence-corrected chi connectivity index (χ2v) is 9.51. The van der Waals surface area contributed by atoms with Gasteiger partial charge < -0.3 is 4.90 Å². The van der Waals surface area contributed by atoms with E-state index in [-0.39, 0.29) is 48.3 Å². The molecule has 3 aliphatic rings. The number of carbonyl (C=O) groups excluding carboxylic acids is 3. The molecule has 26 heavy (non-hydrogen) atoms. The second kappa shape index (κ2) is 7.64. The summed E-state index contributed by atoms with van der Waals surface area (Å²) < 4.78 is 25.1. The lowest BCUT2D eigenvalue weighted by Gasteiger charge is -2.34. The first-order chi connectivity index (χ1) is 12.3. The Kier molecular flexibility index (Phi) is 5.67. The number of imide groups is 1. The maximum absolute atomic E-state index is 12.4. The van der Waals surface area contributed by atoms with E-state index >= 15 is 0 Å². The minimum absolute atomic E-state index is 0.0580. The molecule has 0 N–H and O–H groups in total. The largest absolute Gasteiger partial charge is 0.340 e. The Bertz CT molecular complexity index is 661. The number of sulfonamides is 1. The predicted molar refractivity (Wildman–Crippen MR) is 94.4 cm³/mol. The SMILES string of the molecule is CCS(=O)(=O)N1CCN(C(=O)CCN2C(=O)C3CCCCC3C2=O)CC1. The summed E-state index contributed by atoms with van der Waals surface area (Å²) in [7, 11) is -3.22. The van der Waals surface area contributed by atoms with E-state index in [1.807, 2.05) is 0 Å². The molecule has 2 aliphatic heterocycles. The van der Waals surface area contributed by atoms with Crippen molar-refractivity contribution in [1.82, 2.24) is 14.1 Å². The first-order valence-electron chi connectivity index (χ1n) is 9.46. The quantitative estimate of drug-likeness (QED) is 0.623. The Balaban J connectivity index is 1.50. The standard InChI is InChI=1S/C17H27N3O5S/c1-2-26(24,25)19-11-9-18(10-12-19)15(21)7-8-20-16(22)13-5-3-4-6-14(13)17(20)23/h13-14H,2-12H2,1H3. The number of rotatable bonds is 5. The van der Waals surface area contributed by atoms with Crippen LogP contribution in [-0.4, -0.2) is 78.7 Å². The minimum Gasteiger partial charge on any atom is -0.340 e. The van der Waals surface area contributed by atoms with Gasteiger partial charge in [-0.05, 0) is 19.8 Å². The van der Waals surface area contributed by atoms with E-state index in [1.54, 1.807) is 11.8 Å². The molecule has 0 aromatic carbocycles. The van der Waals surface area contributed by atoms with Crippen molar-refractivity contribution in [2.75, 3.05) is 38.5 Å². The first-order valence-corrected chi connectivity index (χ1v) is 11.1. The van der Waals surface area contributed by atoms with Crippen molar-refractivity contribution < 1.29 is 22.8 Å². The topological polar surface area (TPSA) is 95.1 Å². The van der Waals surface area contributed by atoms with E-state index in [0.717, 1.165) is 25.7 Å². The second-order valence-electron chi connectivity index (χ2n) is 7.26. The Morgan fingerprint density at radius 1 is 1.00 bits per heavy atom. The van der Waals surface area contributed by atoms with Crippen molar-refractivity contribution >= 4 is 27.7 Å². The lowest BCUT2D eigenvalue weighted by atomic mass is 9.81. The number of hydrogen-bond donors (Lipinski definition) is 0. The zero-order valence-electron chi connectivity index (χ0n) is 15.2. The van der Waals surface area contributed by atoms with Crippen LogP contribution in [0.4, 0.5) is 0 Å². The molecule has 3 rings (SSSR count). The molecule has 2 unspecified atom stereocenters. The summed E-state index contributed by atoms with van der Waals surface area (Å²) in [5.41, 5.74) is 0. The van der Waals surface area contributed by atoms with Crippen LogP contribution >= 0.6 is 0 Å². The van der Waals surface area contributed by atoms with Crippen molar-refractivity contribution in [3.8, 4) is 0 Å². The number of piperazine rings is 1. The molecule has 2 heterocycles. The lowest BCUT2D eigenvalue weighted by molar-refractivity contribution is -0.141. The fourth-order valence-electron chi connectivity index (χ4n) is 4.22. The van der Waals surface area contributed by atoms with Gasteiger partial charge in [-0.25, -0.2) is 8.42 Å². The molecule has 2 atom stereocenters. The van der Waals surface area contributed by atoms with E-state index < -0.39 is 10.0 Å². The van der Waals surface area contributed by atoms with Crippen molar-refractivity contribution in [2.45, 2.75) is 39.0 Å². The zero-order valence-corrected chi connectivity index (χ0v) is 16.0. The summed E-state index contributed by atoms with van der Waals surface area (Å²) >= 11 is 0. The number of nitrogens with zero attached hydrogens (tertiary/aromatic N) is 3. The summed E-state index contributed by atoms with van der Waals surface area (Å²) in [4.78, 5) is 40.2. The van der Waals surface area contributed by atoms with Gasteiger partial charge in [0, 0.05) is 39.1 Å². The van der Waals surface area contributed by atoms with E-state index in [4.69, 9.17) is 0 Å². The third-order valence-corrected chi connectivity index (χ3v) is 7.71. The van der Waals surface area contributed by atoms with Crippen LogP contribution in [0.5, 0.6) is 0 Å². The van der Waals surface area contributed by atoms with Gasteiger partial charge in [0.15, 0.2) is 0 Å². The van der Waals surface area contributed by atoms with Gasteiger partial charge in [-0.2, -0.15) is 4.31 Å². The Labute approximate surface area is 154 Å². The summed E-state index contributed by atoms with van der Waals surface area (Å²) in [5, 5.41) is 0. The number of fused-ring (bicyclic) bond motifs is 1. The van der Waals surface area contributed by atoms with Crippen LogP contribution in [0.1, 0.15) is 39.0 Å². The number of hydrogen-bond acceptors (Lipinski definition) is 5. The molecule has 0 aromatic heterocycles. The van der Waals surface area contributed by atoms with Gasteiger partial charge in [-0.1, -0.05) is 12.8 Å². The van der Waals surface area contributed by atoms with E-state index in [1.165, 1.54) is 9.21 Å². The molecule has 0 bridgehead atoms. The van der Waals surface area contributed by atoms with Crippen molar-refractivity contribution in [1.29, 1.82) is 0 Å². The first kappa shape index (κ1) is 19.3. The number of amides is 3. The van der Waals surface area contributed by atoms with E-state index in [0.29, 0.717) is 26.2 Å². The highest BCUT2D eigenvalue weighted by Crippen LogP contribution is 2.38. The number of likely N-dealkylation sites (tertiary alicyclic amines) is 1. The highest BCUT2D eigenvalue weighted by Gasteiger charge is 2.47. The molecular weight excluding hydrogens is 358 g/mol. The van der Waals surface area contributed by atoms with Gasteiger partial charge in [0.05, 0.1) is 17.6 Å².